The summed E-state index contributed by atoms with van der Waals surface area (Å²) >= 11 is 0. The van der Waals surface area contributed by atoms with Crippen LogP contribution in [0.1, 0.15) is 37.9 Å². The van der Waals surface area contributed by atoms with Crippen LogP contribution >= 0.6 is 0 Å². The van der Waals surface area contributed by atoms with E-state index in [-0.39, 0.29) is 5.82 Å². The molecule has 1 saturated heterocycles. The Kier molecular flexibility index (Phi) is 7.87. The Hall–Kier alpha value is -3.48. The molecule has 1 aliphatic heterocycles. The van der Waals surface area contributed by atoms with Gasteiger partial charge in [-0.1, -0.05) is 13.8 Å². The van der Waals surface area contributed by atoms with Crippen LogP contribution < -0.4 is 14.5 Å². The first kappa shape index (κ1) is 25.6. The third kappa shape index (κ3) is 6.01. The number of piperidine rings is 1. The molecular formula is C29H35FN4O2. The lowest BCUT2D eigenvalue weighted by Gasteiger charge is -2.40. The van der Waals surface area contributed by atoms with Gasteiger partial charge in [0.15, 0.2) is 0 Å². The van der Waals surface area contributed by atoms with Crippen molar-refractivity contribution in [1.82, 2.24) is 9.97 Å². The Morgan fingerprint density at radius 3 is 2.44 bits per heavy atom. The number of rotatable bonds is 9. The summed E-state index contributed by atoms with van der Waals surface area (Å²) in [6, 6.07) is 10.1. The predicted octanol–water partition coefficient (Wildman–Crippen LogP) is 5.47. The number of benzene rings is 1. The van der Waals surface area contributed by atoms with E-state index in [2.05, 4.69) is 28.6 Å². The molecule has 0 atom stereocenters. The standard InChI is InChI=1S/C29H35FN4O2/c1-21-25(11-17-35)28(34-14-12-29(2,3)13-15-34)26(20-31-21)27-10-7-23(19-32-27)33(4)16-18-36-24-8-5-22(30)6-9-24/h5-10,17,19-20H,11-16,18H2,1-4H3. The number of halogens is 1. The van der Waals surface area contributed by atoms with Crippen LogP contribution in [0.3, 0.4) is 0 Å². The van der Waals surface area contributed by atoms with E-state index in [9.17, 15) is 9.18 Å². The molecule has 1 fully saturated rings. The zero-order valence-corrected chi connectivity index (χ0v) is 21.6. The van der Waals surface area contributed by atoms with Gasteiger partial charge in [-0.2, -0.15) is 0 Å². The van der Waals surface area contributed by atoms with Crippen LogP contribution in [0, 0.1) is 18.2 Å². The average molecular weight is 491 g/mol. The van der Waals surface area contributed by atoms with Gasteiger partial charge in [-0.3, -0.25) is 9.97 Å². The van der Waals surface area contributed by atoms with Crippen LogP contribution in [0.25, 0.3) is 11.3 Å². The molecule has 2 aromatic heterocycles. The van der Waals surface area contributed by atoms with Gasteiger partial charge in [0.05, 0.1) is 29.8 Å². The summed E-state index contributed by atoms with van der Waals surface area (Å²) in [7, 11) is 1.99. The van der Waals surface area contributed by atoms with E-state index < -0.39 is 0 Å². The minimum atomic E-state index is -0.278. The number of pyridine rings is 2. The molecule has 0 bridgehead atoms. The topological polar surface area (TPSA) is 58.6 Å². The highest BCUT2D eigenvalue weighted by Gasteiger charge is 2.29. The lowest BCUT2D eigenvalue weighted by atomic mass is 9.82. The van der Waals surface area contributed by atoms with Gasteiger partial charge in [0.1, 0.15) is 24.5 Å². The number of nitrogens with zero attached hydrogens (tertiary/aromatic N) is 4. The van der Waals surface area contributed by atoms with Gasteiger partial charge in [-0.25, -0.2) is 4.39 Å². The van der Waals surface area contributed by atoms with Crippen molar-refractivity contribution >= 4 is 17.7 Å². The highest BCUT2D eigenvalue weighted by atomic mass is 19.1. The second kappa shape index (κ2) is 11.1. The number of aryl methyl sites for hydroxylation is 1. The highest BCUT2D eigenvalue weighted by Crippen LogP contribution is 2.39. The Morgan fingerprint density at radius 1 is 1.08 bits per heavy atom. The zero-order valence-electron chi connectivity index (χ0n) is 21.6. The lowest BCUT2D eigenvalue weighted by molar-refractivity contribution is -0.107. The molecule has 7 heteroatoms. The summed E-state index contributed by atoms with van der Waals surface area (Å²) in [5.41, 5.74) is 6.07. The first-order chi connectivity index (χ1) is 17.3. The molecule has 36 heavy (non-hydrogen) atoms. The molecule has 3 heterocycles. The fourth-order valence-electron chi connectivity index (χ4n) is 4.58. The summed E-state index contributed by atoms with van der Waals surface area (Å²) in [5.74, 6) is 0.366. The minimum absolute atomic E-state index is 0.278. The van der Waals surface area contributed by atoms with Crippen molar-refractivity contribution in [3.05, 3.63) is 65.9 Å². The summed E-state index contributed by atoms with van der Waals surface area (Å²) in [4.78, 5) is 25.4. The van der Waals surface area contributed by atoms with Crippen molar-refractivity contribution in [3.63, 3.8) is 0 Å². The molecular weight excluding hydrogens is 455 g/mol. The van der Waals surface area contributed by atoms with Crippen molar-refractivity contribution in [2.45, 2.75) is 40.0 Å². The van der Waals surface area contributed by atoms with E-state index in [1.54, 1.807) is 12.1 Å². The maximum Gasteiger partial charge on any atom is 0.124 e. The molecule has 6 nitrogen and oxygen atoms in total. The van der Waals surface area contributed by atoms with Crippen LogP contribution in [0.15, 0.2) is 48.8 Å². The van der Waals surface area contributed by atoms with E-state index in [1.807, 2.05) is 38.5 Å². The second-order valence-electron chi connectivity index (χ2n) is 10.2. The van der Waals surface area contributed by atoms with Gasteiger partial charge >= 0.3 is 0 Å². The SMILES string of the molecule is Cc1ncc(-c2ccc(N(C)CCOc3ccc(F)cc3)cn2)c(N2CCC(C)(C)CC2)c1CC=O. The zero-order chi connectivity index (χ0) is 25.7. The van der Waals surface area contributed by atoms with E-state index in [0.717, 1.165) is 66.1 Å². The Morgan fingerprint density at radius 2 is 1.81 bits per heavy atom. The fraction of sp³-hybridized carbons (Fsp3) is 0.414. The number of carbonyl (C=O) groups is 1. The van der Waals surface area contributed by atoms with E-state index in [0.29, 0.717) is 30.7 Å². The second-order valence-corrected chi connectivity index (χ2v) is 10.2. The largest absolute Gasteiger partial charge is 0.492 e. The average Bonchev–Trinajstić information content (AvgIpc) is 2.87. The lowest BCUT2D eigenvalue weighted by Crippen LogP contribution is -2.38. The molecule has 0 radical (unpaired) electrons. The van der Waals surface area contributed by atoms with Crippen molar-refractivity contribution in [1.29, 1.82) is 0 Å². The predicted molar refractivity (Wildman–Crippen MR) is 142 cm³/mol. The van der Waals surface area contributed by atoms with Crippen molar-refractivity contribution < 1.29 is 13.9 Å². The maximum absolute atomic E-state index is 13.1. The van der Waals surface area contributed by atoms with E-state index in [4.69, 9.17) is 9.72 Å². The molecule has 3 aromatic rings. The van der Waals surface area contributed by atoms with Gasteiger partial charge in [-0.15, -0.1) is 0 Å². The van der Waals surface area contributed by atoms with Crippen molar-refractivity contribution in [2.24, 2.45) is 5.41 Å². The van der Waals surface area contributed by atoms with E-state index in [1.165, 1.54) is 12.1 Å². The number of aldehydes is 1. The van der Waals surface area contributed by atoms with Crippen LogP contribution in [0.4, 0.5) is 15.8 Å². The van der Waals surface area contributed by atoms with Crippen LogP contribution in [-0.2, 0) is 11.2 Å². The third-order valence-electron chi connectivity index (χ3n) is 7.06. The van der Waals surface area contributed by atoms with Crippen LogP contribution in [0.2, 0.25) is 0 Å². The quantitative estimate of drug-likeness (QED) is 0.371. The van der Waals surface area contributed by atoms with E-state index >= 15 is 0 Å². The summed E-state index contributed by atoms with van der Waals surface area (Å²) in [5, 5.41) is 0. The van der Waals surface area contributed by atoms with Crippen LogP contribution in [-0.4, -0.2) is 49.5 Å². The number of hydrogen-bond acceptors (Lipinski definition) is 6. The summed E-state index contributed by atoms with van der Waals surface area (Å²) in [6.45, 7) is 9.63. The molecule has 190 valence electrons. The maximum atomic E-state index is 13.1. The molecule has 0 unspecified atom stereocenters. The van der Waals surface area contributed by atoms with Crippen molar-refractivity contribution in [2.75, 3.05) is 43.1 Å². The first-order valence-electron chi connectivity index (χ1n) is 12.5. The van der Waals surface area contributed by atoms with Gasteiger partial charge in [0.2, 0.25) is 0 Å². The smallest absolute Gasteiger partial charge is 0.124 e. The number of anilines is 2. The fourth-order valence-corrected chi connectivity index (χ4v) is 4.58. The van der Waals surface area contributed by atoms with Gasteiger partial charge in [-0.05, 0) is 61.6 Å². The molecule has 0 amide bonds. The van der Waals surface area contributed by atoms with Gasteiger partial charge < -0.3 is 19.3 Å². The number of carbonyl (C=O) groups excluding carboxylic acids is 1. The number of ether oxygens (including phenoxy) is 1. The monoisotopic (exact) mass is 490 g/mol. The van der Waals surface area contributed by atoms with Gasteiger partial charge in [0, 0.05) is 49.6 Å². The van der Waals surface area contributed by atoms with Crippen molar-refractivity contribution in [3.8, 4) is 17.0 Å². The highest BCUT2D eigenvalue weighted by molar-refractivity contribution is 5.81. The molecule has 0 N–H and O–H groups in total. The molecule has 0 spiro atoms. The molecule has 0 aliphatic carbocycles. The summed E-state index contributed by atoms with van der Waals surface area (Å²) in [6.07, 6.45) is 7.26. The Balaban J connectivity index is 1.52. The number of likely N-dealkylation sites (N-methyl/N-ethyl adjacent to an activating group) is 1. The Bertz CT molecular complexity index is 1170. The molecule has 4 rings (SSSR count). The summed E-state index contributed by atoms with van der Waals surface area (Å²) < 4.78 is 18.8. The van der Waals surface area contributed by atoms with Crippen LogP contribution in [0.5, 0.6) is 5.75 Å². The molecule has 1 aliphatic rings. The number of hydrogen-bond donors (Lipinski definition) is 0. The molecule has 1 aromatic carbocycles. The normalized spacial score (nSPS) is 15.0. The van der Waals surface area contributed by atoms with Gasteiger partial charge in [0.25, 0.3) is 0 Å². The molecule has 0 saturated carbocycles. The first-order valence-corrected chi connectivity index (χ1v) is 12.5. The third-order valence-corrected chi connectivity index (χ3v) is 7.06. The Labute approximate surface area is 213 Å². The minimum Gasteiger partial charge on any atom is -0.492 e. The number of aromatic nitrogens is 2.